The Morgan fingerprint density at radius 1 is 0.963 bits per heavy atom. The van der Waals surface area contributed by atoms with Crippen molar-refractivity contribution in [1.82, 2.24) is 0 Å². The second-order valence-electron chi connectivity index (χ2n) is 5.46. The van der Waals surface area contributed by atoms with Crippen LogP contribution >= 0.6 is 0 Å². The highest BCUT2D eigenvalue weighted by molar-refractivity contribution is 6.02. The molecule has 0 atom stereocenters. The average molecular weight is 369 g/mol. The van der Waals surface area contributed by atoms with Crippen molar-refractivity contribution >= 4 is 23.6 Å². The predicted octanol–water partition coefficient (Wildman–Crippen LogP) is 3.92. The van der Waals surface area contributed by atoms with E-state index in [0.717, 1.165) is 5.56 Å². The van der Waals surface area contributed by atoms with Gasteiger partial charge in [0.25, 0.3) is 0 Å². The summed E-state index contributed by atoms with van der Waals surface area (Å²) in [6.45, 7) is 4.88. The fourth-order valence-electron chi connectivity index (χ4n) is 2.33. The first-order chi connectivity index (χ1) is 13.1. The minimum atomic E-state index is -0.423. The lowest BCUT2D eigenvalue weighted by Gasteiger charge is -2.11. The summed E-state index contributed by atoms with van der Waals surface area (Å²) in [6, 6.07) is 11.9. The highest BCUT2D eigenvalue weighted by atomic mass is 16.5. The van der Waals surface area contributed by atoms with Crippen molar-refractivity contribution in [1.29, 1.82) is 0 Å². The van der Waals surface area contributed by atoms with Gasteiger partial charge in [0.1, 0.15) is 0 Å². The Hall–Kier alpha value is -3.28. The number of benzene rings is 2. The summed E-state index contributed by atoms with van der Waals surface area (Å²) >= 11 is 0. The lowest BCUT2D eigenvalue weighted by atomic mass is 10.2. The Kier molecular flexibility index (Phi) is 7.43. The summed E-state index contributed by atoms with van der Waals surface area (Å²) in [4.78, 5) is 23.5. The molecule has 2 rings (SSSR count). The molecule has 0 fully saturated rings. The van der Waals surface area contributed by atoms with E-state index in [9.17, 15) is 9.59 Å². The van der Waals surface area contributed by atoms with Gasteiger partial charge in [-0.1, -0.05) is 6.07 Å². The first-order valence-corrected chi connectivity index (χ1v) is 8.64. The second-order valence-corrected chi connectivity index (χ2v) is 5.46. The van der Waals surface area contributed by atoms with Crippen molar-refractivity contribution < 1.29 is 23.8 Å². The molecule has 2 aromatic carbocycles. The largest absolute Gasteiger partial charge is 0.490 e. The van der Waals surface area contributed by atoms with Gasteiger partial charge in [-0.15, -0.1) is 0 Å². The third-order valence-corrected chi connectivity index (χ3v) is 3.57. The molecule has 0 saturated heterocycles. The van der Waals surface area contributed by atoms with Gasteiger partial charge in [-0.05, 0) is 61.9 Å². The molecule has 1 amide bonds. The van der Waals surface area contributed by atoms with Crippen LogP contribution in [0.3, 0.4) is 0 Å². The topological polar surface area (TPSA) is 73.9 Å². The van der Waals surface area contributed by atoms with E-state index >= 15 is 0 Å². The summed E-state index contributed by atoms with van der Waals surface area (Å²) in [7, 11) is 1.32. The van der Waals surface area contributed by atoms with Gasteiger partial charge in [-0.2, -0.15) is 0 Å². The van der Waals surface area contributed by atoms with Crippen molar-refractivity contribution in [2.45, 2.75) is 13.8 Å². The van der Waals surface area contributed by atoms with E-state index in [-0.39, 0.29) is 5.91 Å². The van der Waals surface area contributed by atoms with Crippen molar-refractivity contribution in [3.8, 4) is 11.5 Å². The molecule has 0 saturated carbocycles. The monoisotopic (exact) mass is 369 g/mol. The Labute approximate surface area is 158 Å². The standard InChI is InChI=1S/C21H23NO5/c1-4-26-18-12-6-15(14-19(18)27-5-2)7-13-20(23)22-17-10-8-16(9-11-17)21(24)25-3/h6-14H,4-5H2,1-3H3,(H,22,23). The van der Waals surface area contributed by atoms with Crippen LogP contribution in [-0.2, 0) is 9.53 Å². The van der Waals surface area contributed by atoms with Crippen LogP contribution in [0.2, 0.25) is 0 Å². The van der Waals surface area contributed by atoms with Gasteiger partial charge in [0, 0.05) is 11.8 Å². The van der Waals surface area contributed by atoms with Gasteiger partial charge in [-0.25, -0.2) is 4.79 Å². The SMILES string of the molecule is CCOc1ccc(C=CC(=O)Nc2ccc(C(=O)OC)cc2)cc1OCC. The number of methoxy groups -OCH3 is 1. The average Bonchev–Trinajstić information content (AvgIpc) is 2.68. The Morgan fingerprint density at radius 3 is 2.26 bits per heavy atom. The van der Waals surface area contributed by atoms with E-state index in [1.807, 2.05) is 32.0 Å². The molecule has 0 aliphatic carbocycles. The predicted molar refractivity (Wildman–Crippen MR) is 104 cm³/mol. The molecule has 142 valence electrons. The smallest absolute Gasteiger partial charge is 0.337 e. The zero-order valence-corrected chi connectivity index (χ0v) is 15.7. The van der Waals surface area contributed by atoms with E-state index in [1.165, 1.54) is 13.2 Å². The summed E-state index contributed by atoms with van der Waals surface area (Å²) < 4.78 is 15.7. The zero-order valence-electron chi connectivity index (χ0n) is 15.7. The van der Waals surface area contributed by atoms with E-state index in [0.29, 0.717) is 36.0 Å². The molecule has 0 bridgehead atoms. The van der Waals surface area contributed by atoms with Crippen LogP contribution in [-0.4, -0.2) is 32.2 Å². The number of hydrogen-bond acceptors (Lipinski definition) is 5. The number of ether oxygens (including phenoxy) is 3. The molecule has 1 N–H and O–H groups in total. The first-order valence-electron chi connectivity index (χ1n) is 8.64. The maximum absolute atomic E-state index is 12.1. The Bertz CT molecular complexity index is 812. The number of hydrogen-bond donors (Lipinski definition) is 1. The third kappa shape index (κ3) is 5.88. The summed E-state index contributed by atoms with van der Waals surface area (Å²) in [5.41, 5.74) is 1.82. The van der Waals surface area contributed by atoms with Crippen molar-refractivity contribution in [2.24, 2.45) is 0 Å². The molecular weight excluding hydrogens is 346 g/mol. The number of amides is 1. The number of carbonyl (C=O) groups is 2. The minimum Gasteiger partial charge on any atom is -0.490 e. The van der Waals surface area contributed by atoms with E-state index in [2.05, 4.69) is 10.1 Å². The second kappa shape index (κ2) is 10.0. The van der Waals surface area contributed by atoms with Gasteiger partial charge >= 0.3 is 5.97 Å². The molecule has 6 nitrogen and oxygen atoms in total. The van der Waals surface area contributed by atoms with Crippen molar-refractivity contribution in [3.05, 3.63) is 59.7 Å². The molecule has 27 heavy (non-hydrogen) atoms. The molecule has 0 aliphatic rings. The van der Waals surface area contributed by atoms with Crippen LogP contribution in [0.1, 0.15) is 29.8 Å². The summed E-state index contributed by atoms with van der Waals surface area (Å²) in [6.07, 6.45) is 3.12. The van der Waals surface area contributed by atoms with E-state index < -0.39 is 5.97 Å². The van der Waals surface area contributed by atoms with Gasteiger partial charge in [0.15, 0.2) is 11.5 Å². The maximum Gasteiger partial charge on any atom is 0.337 e. The van der Waals surface area contributed by atoms with Crippen LogP contribution in [0, 0.1) is 0 Å². The molecule has 6 heteroatoms. The van der Waals surface area contributed by atoms with Crippen LogP contribution in [0.4, 0.5) is 5.69 Å². The maximum atomic E-state index is 12.1. The molecule has 0 unspecified atom stereocenters. The number of carbonyl (C=O) groups excluding carboxylic acids is 2. The molecule has 0 radical (unpaired) electrons. The molecule has 0 heterocycles. The molecule has 0 spiro atoms. The highest BCUT2D eigenvalue weighted by Crippen LogP contribution is 2.29. The van der Waals surface area contributed by atoms with Crippen molar-refractivity contribution in [3.63, 3.8) is 0 Å². The number of nitrogens with one attached hydrogen (secondary N) is 1. The molecule has 0 aliphatic heterocycles. The lowest BCUT2D eigenvalue weighted by molar-refractivity contribution is -0.111. The Balaban J connectivity index is 2.03. The minimum absolute atomic E-state index is 0.285. The summed E-state index contributed by atoms with van der Waals surface area (Å²) in [5, 5.41) is 2.73. The molecular formula is C21H23NO5. The van der Waals surface area contributed by atoms with Gasteiger partial charge in [0.05, 0.1) is 25.9 Å². The zero-order chi connectivity index (χ0) is 19.6. The van der Waals surface area contributed by atoms with E-state index in [4.69, 9.17) is 9.47 Å². The normalized spacial score (nSPS) is 10.5. The Morgan fingerprint density at radius 2 is 1.63 bits per heavy atom. The van der Waals surface area contributed by atoms with Crippen LogP contribution in [0.25, 0.3) is 6.08 Å². The fourth-order valence-corrected chi connectivity index (χ4v) is 2.33. The fraction of sp³-hybridized carbons (Fsp3) is 0.238. The van der Waals surface area contributed by atoms with E-state index in [1.54, 1.807) is 30.3 Å². The molecule has 2 aromatic rings. The quantitative estimate of drug-likeness (QED) is 0.564. The van der Waals surface area contributed by atoms with Gasteiger partial charge < -0.3 is 19.5 Å². The first kappa shape index (κ1) is 20.0. The van der Waals surface area contributed by atoms with Crippen LogP contribution in [0.5, 0.6) is 11.5 Å². The van der Waals surface area contributed by atoms with Crippen LogP contribution < -0.4 is 14.8 Å². The lowest BCUT2D eigenvalue weighted by Crippen LogP contribution is -2.08. The third-order valence-electron chi connectivity index (χ3n) is 3.57. The summed E-state index contributed by atoms with van der Waals surface area (Å²) in [5.74, 6) is 0.605. The highest BCUT2D eigenvalue weighted by Gasteiger charge is 2.06. The number of rotatable bonds is 8. The van der Waals surface area contributed by atoms with Gasteiger partial charge in [-0.3, -0.25) is 4.79 Å². The molecule has 0 aromatic heterocycles. The number of esters is 1. The number of anilines is 1. The van der Waals surface area contributed by atoms with Crippen LogP contribution in [0.15, 0.2) is 48.5 Å². The van der Waals surface area contributed by atoms with Crippen molar-refractivity contribution in [2.75, 3.05) is 25.6 Å². The van der Waals surface area contributed by atoms with Gasteiger partial charge in [0.2, 0.25) is 5.91 Å².